The molecule has 0 heterocycles. The van der Waals surface area contributed by atoms with Crippen LogP contribution in [0, 0.1) is 5.41 Å². The van der Waals surface area contributed by atoms with Gasteiger partial charge < -0.3 is 10.4 Å². The van der Waals surface area contributed by atoms with E-state index in [1.807, 2.05) is 0 Å². The Kier molecular flexibility index (Phi) is 4.24. The van der Waals surface area contributed by atoms with Gasteiger partial charge in [-0.05, 0) is 38.0 Å². The molecule has 4 heteroatoms. The van der Waals surface area contributed by atoms with E-state index in [1.54, 1.807) is 6.92 Å². The van der Waals surface area contributed by atoms with Gasteiger partial charge in [0.2, 0.25) is 5.91 Å². The van der Waals surface area contributed by atoms with Crippen LogP contribution in [0.2, 0.25) is 0 Å². The first-order valence-corrected chi connectivity index (χ1v) is 6.32. The lowest BCUT2D eigenvalue weighted by Crippen LogP contribution is -2.47. The van der Waals surface area contributed by atoms with E-state index in [1.165, 1.54) is 0 Å². The van der Waals surface area contributed by atoms with Gasteiger partial charge in [-0.15, -0.1) is 11.6 Å². The zero-order chi connectivity index (χ0) is 12.4. The molecule has 0 aromatic carbocycles. The monoisotopic (exact) mass is 247 g/mol. The summed E-state index contributed by atoms with van der Waals surface area (Å²) in [5, 5.41) is 12.4. The van der Waals surface area contributed by atoms with Gasteiger partial charge in [0.25, 0.3) is 0 Å². The van der Waals surface area contributed by atoms with E-state index in [9.17, 15) is 9.90 Å². The summed E-state index contributed by atoms with van der Waals surface area (Å²) in [4.78, 5) is 11.3. The summed E-state index contributed by atoms with van der Waals surface area (Å²) in [7, 11) is 0. The molecule has 94 valence electrons. The van der Waals surface area contributed by atoms with Gasteiger partial charge in [-0.25, -0.2) is 0 Å². The van der Waals surface area contributed by atoms with Gasteiger partial charge in [0.1, 0.15) is 5.38 Å². The Morgan fingerprint density at radius 2 is 1.88 bits per heavy atom. The molecular weight excluding hydrogens is 226 g/mol. The summed E-state index contributed by atoms with van der Waals surface area (Å²) in [6.45, 7) is 6.38. The molecule has 1 fully saturated rings. The average molecular weight is 248 g/mol. The largest absolute Gasteiger partial charge is 0.388 e. The number of rotatable bonds is 3. The molecule has 1 unspecified atom stereocenters. The first kappa shape index (κ1) is 13.8. The van der Waals surface area contributed by atoms with Crippen LogP contribution in [0.3, 0.4) is 0 Å². The van der Waals surface area contributed by atoms with Gasteiger partial charge in [-0.3, -0.25) is 4.79 Å². The van der Waals surface area contributed by atoms with Crippen LogP contribution in [0.4, 0.5) is 0 Å². The van der Waals surface area contributed by atoms with Crippen LogP contribution in [-0.4, -0.2) is 28.5 Å². The lowest BCUT2D eigenvalue weighted by Gasteiger charge is -2.40. The third-order valence-electron chi connectivity index (χ3n) is 3.49. The van der Waals surface area contributed by atoms with Crippen molar-refractivity contribution in [3.63, 3.8) is 0 Å². The topological polar surface area (TPSA) is 49.3 Å². The zero-order valence-corrected chi connectivity index (χ0v) is 11.1. The number of halogens is 1. The lowest BCUT2D eigenvalue weighted by molar-refractivity contribution is -0.122. The lowest BCUT2D eigenvalue weighted by atomic mass is 9.71. The number of alkyl halides is 1. The van der Waals surface area contributed by atoms with Crippen molar-refractivity contribution in [1.82, 2.24) is 5.32 Å². The summed E-state index contributed by atoms with van der Waals surface area (Å²) >= 11 is 5.64. The van der Waals surface area contributed by atoms with Crippen molar-refractivity contribution in [2.75, 3.05) is 6.54 Å². The highest BCUT2D eigenvalue weighted by molar-refractivity contribution is 6.30. The van der Waals surface area contributed by atoms with E-state index in [2.05, 4.69) is 19.2 Å². The van der Waals surface area contributed by atoms with Crippen LogP contribution in [-0.2, 0) is 4.79 Å². The predicted molar refractivity (Wildman–Crippen MR) is 65.5 cm³/mol. The smallest absolute Gasteiger partial charge is 0.237 e. The minimum absolute atomic E-state index is 0.208. The van der Waals surface area contributed by atoms with E-state index in [0.717, 1.165) is 25.7 Å². The summed E-state index contributed by atoms with van der Waals surface area (Å²) in [6.07, 6.45) is 3.49. The van der Waals surface area contributed by atoms with E-state index in [4.69, 9.17) is 11.6 Å². The Bertz CT molecular complexity index is 254. The highest BCUT2D eigenvalue weighted by Gasteiger charge is 2.36. The molecule has 0 saturated heterocycles. The number of amides is 1. The second kappa shape index (κ2) is 4.92. The molecule has 0 radical (unpaired) electrons. The number of aliphatic hydroxyl groups is 1. The maximum atomic E-state index is 11.3. The first-order valence-electron chi connectivity index (χ1n) is 5.88. The molecule has 1 rings (SSSR count). The summed E-state index contributed by atoms with van der Waals surface area (Å²) in [5.41, 5.74) is -0.424. The molecule has 1 atom stereocenters. The summed E-state index contributed by atoms with van der Waals surface area (Å²) < 4.78 is 0. The third kappa shape index (κ3) is 3.95. The van der Waals surface area contributed by atoms with Crippen LogP contribution < -0.4 is 5.32 Å². The second-order valence-electron chi connectivity index (χ2n) is 5.72. The molecular formula is C12H22ClNO2. The van der Waals surface area contributed by atoms with Crippen molar-refractivity contribution in [2.45, 2.75) is 57.4 Å². The Hall–Kier alpha value is -0.280. The fourth-order valence-electron chi connectivity index (χ4n) is 1.96. The van der Waals surface area contributed by atoms with Gasteiger partial charge in [0.05, 0.1) is 5.60 Å². The van der Waals surface area contributed by atoms with Gasteiger partial charge in [0, 0.05) is 6.54 Å². The highest BCUT2D eigenvalue weighted by atomic mass is 35.5. The Morgan fingerprint density at radius 1 is 1.38 bits per heavy atom. The standard InChI is InChI=1S/C12H22ClNO2/c1-9(13)10(15)14-8-12(16)6-4-11(2,3)5-7-12/h9,16H,4-8H2,1-3H3,(H,14,15). The molecule has 1 aliphatic carbocycles. The van der Waals surface area contributed by atoms with Crippen molar-refractivity contribution in [3.05, 3.63) is 0 Å². The maximum absolute atomic E-state index is 11.3. The van der Waals surface area contributed by atoms with Gasteiger partial charge in [0.15, 0.2) is 0 Å². The van der Waals surface area contributed by atoms with E-state index in [0.29, 0.717) is 12.0 Å². The molecule has 3 nitrogen and oxygen atoms in total. The molecule has 0 aliphatic heterocycles. The zero-order valence-electron chi connectivity index (χ0n) is 10.3. The summed E-state index contributed by atoms with van der Waals surface area (Å²) in [5.74, 6) is -0.208. The number of hydrogen-bond acceptors (Lipinski definition) is 2. The van der Waals surface area contributed by atoms with Gasteiger partial charge in [-0.2, -0.15) is 0 Å². The minimum atomic E-state index is -0.739. The average Bonchev–Trinajstić information content (AvgIpc) is 2.20. The van der Waals surface area contributed by atoms with Gasteiger partial charge >= 0.3 is 0 Å². The molecule has 16 heavy (non-hydrogen) atoms. The fourth-order valence-corrected chi connectivity index (χ4v) is 2.04. The molecule has 1 amide bonds. The van der Waals surface area contributed by atoms with Crippen molar-refractivity contribution in [3.8, 4) is 0 Å². The fraction of sp³-hybridized carbons (Fsp3) is 0.917. The van der Waals surface area contributed by atoms with E-state index >= 15 is 0 Å². The summed E-state index contributed by atoms with van der Waals surface area (Å²) in [6, 6.07) is 0. The number of carbonyl (C=O) groups excluding carboxylic acids is 1. The Balaban J connectivity index is 2.40. The maximum Gasteiger partial charge on any atom is 0.237 e. The molecule has 0 bridgehead atoms. The van der Waals surface area contributed by atoms with Crippen LogP contribution in [0.1, 0.15) is 46.5 Å². The molecule has 0 spiro atoms. The molecule has 2 N–H and O–H groups in total. The highest BCUT2D eigenvalue weighted by Crippen LogP contribution is 2.39. The molecule has 1 saturated carbocycles. The van der Waals surface area contributed by atoms with Crippen LogP contribution in [0.25, 0.3) is 0 Å². The SMILES string of the molecule is CC(Cl)C(=O)NCC1(O)CCC(C)(C)CC1. The van der Waals surface area contributed by atoms with Crippen LogP contribution in [0.15, 0.2) is 0 Å². The van der Waals surface area contributed by atoms with Crippen molar-refractivity contribution >= 4 is 17.5 Å². The van der Waals surface area contributed by atoms with Crippen LogP contribution in [0.5, 0.6) is 0 Å². The third-order valence-corrected chi connectivity index (χ3v) is 3.69. The molecule has 1 aliphatic rings. The van der Waals surface area contributed by atoms with E-state index in [-0.39, 0.29) is 5.91 Å². The van der Waals surface area contributed by atoms with Crippen molar-refractivity contribution < 1.29 is 9.90 Å². The first-order chi connectivity index (χ1) is 7.24. The van der Waals surface area contributed by atoms with Crippen molar-refractivity contribution in [2.24, 2.45) is 5.41 Å². The molecule has 0 aromatic rings. The second-order valence-corrected chi connectivity index (χ2v) is 6.38. The normalized spacial score (nSPS) is 24.8. The van der Waals surface area contributed by atoms with E-state index < -0.39 is 11.0 Å². The van der Waals surface area contributed by atoms with Crippen LogP contribution >= 0.6 is 11.6 Å². The number of hydrogen-bond donors (Lipinski definition) is 2. The Morgan fingerprint density at radius 3 is 2.31 bits per heavy atom. The predicted octanol–water partition coefficient (Wildman–Crippen LogP) is 2.06. The Labute approximate surface area is 103 Å². The quantitative estimate of drug-likeness (QED) is 0.750. The number of carbonyl (C=O) groups is 1. The van der Waals surface area contributed by atoms with Crippen molar-refractivity contribution in [1.29, 1.82) is 0 Å². The molecule has 0 aromatic heterocycles. The number of nitrogens with one attached hydrogen (secondary N) is 1. The van der Waals surface area contributed by atoms with Gasteiger partial charge in [-0.1, -0.05) is 13.8 Å². The minimum Gasteiger partial charge on any atom is -0.388 e.